The van der Waals surface area contributed by atoms with E-state index >= 15 is 0 Å². The van der Waals surface area contributed by atoms with Crippen molar-refractivity contribution in [2.24, 2.45) is 0 Å². The van der Waals surface area contributed by atoms with Crippen molar-refractivity contribution in [3.05, 3.63) is 212 Å². The number of anilines is 3. The van der Waals surface area contributed by atoms with Crippen LogP contribution >= 0.6 is 0 Å². The second kappa shape index (κ2) is 12.6. The standard InChI is InChI=1S/C52H35N3/c1-3-18-39(19-4-1)53(48-29-15-17-36-16-7-8-22-43(36)48)41-32-38(33-42(35-41)55-49-26-12-9-23-44(49)45-24-10-13-27-50(45)55)37-30-31-52-47(34-37)46-25-11-14-28-51(46)54(52)40-20-5-2-6-21-40/h1-35H. The van der Waals surface area contributed by atoms with Crippen LogP contribution in [0.15, 0.2) is 212 Å². The third-order valence-corrected chi connectivity index (χ3v) is 11.0. The largest absolute Gasteiger partial charge is 0.310 e. The SMILES string of the molecule is c1ccc(N(c2cc(-c3ccc4c(c3)c3ccccc3n4-c3ccccc3)cc(-n3c4ccccc4c4ccccc43)c2)c2cccc3ccccc23)cc1. The molecule has 11 aromatic rings. The van der Waals surface area contributed by atoms with Crippen molar-refractivity contribution in [2.75, 3.05) is 4.90 Å². The fraction of sp³-hybridized carbons (Fsp3) is 0. The van der Waals surface area contributed by atoms with E-state index in [1.54, 1.807) is 0 Å². The zero-order chi connectivity index (χ0) is 36.3. The van der Waals surface area contributed by atoms with Gasteiger partial charge in [-0.25, -0.2) is 0 Å². The Bertz CT molecular complexity index is 3150. The first-order valence-corrected chi connectivity index (χ1v) is 18.9. The first kappa shape index (κ1) is 31.2. The van der Waals surface area contributed by atoms with Crippen LogP contribution in [0.3, 0.4) is 0 Å². The summed E-state index contributed by atoms with van der Waals surface area (Å²) in [7, 11) is 0. The molecular weight excluding hydrogens is 667 g/mol. The Morgan fingerprint density at radius 2 is 0.818 bits per heavy atom. The third-order valence-electron chi connectivity index (χ3n) is 11.0. The van der Waals surface area contributed by atoms with Gasteiger partial charge in [0.15, 0.2) is 0 Å². The van der Waals surface area contributed by atoms with Crippen LogP contribution in [0.25, 0.3) is 76.9 Å². The molecule has 0 saturated carbocycles. The molecule has 3 heteroatoms. The number of benzene rings is 9. The Kier molecular flexibility index (Phi) is 7.17. The molecule has 2 heterocycles. The van der Waals surface area contributed by atoms with Crippen LogP contribution in [0.4, 0.5) is 17.1 Å². The summed E-state index contributed by atoms with van der Waals surface area (Å²) < 4.78 is 4.82. The maximum Gasteiger partial charge on any atom is 0.0541 e. The van der Waals surface area contributed by atoms with Gasteiger partial charge in [-0.05, 0) is 95.4 Å². The van der Waals surface area contributed by atoms with Crippen molar-refractivity contribution >= 4 is 71.4 Å². The molecule has 0 saturated heterocycles. The minimum Gasteiger partial charge on any atom is -0.310 e. The fourth-order valence-electron chi connectivity index (χ4n) is 8.64. The predicted molar refractivity (Wildman–Crippen MR) is 233 cm³/mol. The summed E-state index contributed by atoms with van der Waals surface area (Å²) in [5.41, 5.74) is 12.7. The van der Waals surface area contributed by atoms with Crippen LogP contribution in [-0.2, 0) is 0 Å². The lowest BCUT2D eigenvalue weighted by Crippen LogP contribution is -2.11. The third kappa shape index (κ3) is 5.05. The zero-order valence-electron chi connectivity index (χ0n) is 30.0. The fourth-order valence-corrected chi connectivity index (χ4v) is 8.64. The molecule has 0 aliphatic rings. The molecule has 0 aliphatic heterocycles. The van der Waals surface area contributed by atoms with Gasteiger partial charge in [0.05, 0.1) is 27.8 Å². The van der Waals surface area contributed by atoms with Crippen LogP contribution in [-0.4, -0.2) is 9.13 Å². The molecular formula is C52H35N3. The van der Waals surface area contributed by atoms with Gasteiger partial charge in [0.25, 0.3) is 0 Å². The van der Waals surface area contributed by atoms with Crippen molar-refractivity contribution in [1.82, 2.24) is 9.13 Å². The van der Waals surface area contributed by atoms with Crippen LogP contribution in [0.1, 0.15) is 0 Å². The minimum atomic E-state index is 1.09. The Morgan fingerprint density at radius 3 is 1.51 bits per heavy atom. The van der Waals surface area contributed by atoms with E-state index in [0.717, 1.165) is 34.0 Å². The second-order valence-electron chi connectivity index (χ2n) is 14.2. The van der Waals surface area contributed by atoms with E-state index in [1.807, 2.05) is 0 Å². The molecule has 11 rings (SSSR count). The summed E-state index contributed by atoms with van der Waals surface area (Å²) in [6.07, 6.45) is 0. The maximum atomic E-state index is 2.43. The molecule has 0 bridgehead atoms. The van der Waals surface area contributed by atoms with Gasteiger partial charge >= 0.3 is 0 Å². The maximum absolute atomic E-state index is 2.43. The lowest BCUT2D eigenvalue weighted by Gasteiger charge is -2.28. The summed E-state index contributed by atoms with van der Waals surface area (Å²) in [5.74, 6) is 0. The van der Waals surface area contributed by atoms with Gasteiger partial charge in [-0.1, -0.05) is 133 Å². The average Bonchev–Trinajstić information content (AvgIpc) is 3.77. The average molecular weight is 702 g/mol. The molecule has 0 radical (unpaired) electrons. The molecule has 0 aliphatic carbocycles. The number of rotatable bonds is 6. The number of hydrogen-bond donors (Lipinski definition) is 0. The van der Waals surface area contributed by atoms with Gasteiger partial charge in [0.2, 0.25) is 0 Å². The van der Waals surface area contributed by atoms with Gasteiger partial charge in [-0.2, -0.15) is 0 Å². The van der Waals surface area contributed by atoms with E-state index in [9.17, 15) is 0 Å². The van der Waals surface area contributed by atoms with Crippen LogP contribution in [0.2, 0.25) is 0 Å². The summed E-state index contributed by atoms with van der Waals surface area (Å²) in [4.78, 5) is 2.42. The van der Waals surface area contributed by atoms with E-state index in [2.05, 4.69) is 226 Å². The number of hydrogen-bond acceptors (Lipinski definition) is 1. The van der Waals surface area contributed by atoms with Gasteiger partial charge in [0, 0.05) is 49.7 Å². The number of nitrogens with zero attached hydrogens (tertiary/aromatic N) is 3. The van der Waals surface area contributed by atoms with E-state index in [0.29, 0.717) is 0 Å². The molecule has 3 nitrogen and oxygen atoms in total. The van der Waals surface area contributed by atoms with Gasteiger partial charge in [0.1, 0.15) is 0 Å². The summed E-state index contributed by atoms with van der Waals surface area (Å²) in [6.45, 7) is 0. The molecule has 55 heavy (non-hydrogen) atoms. The quantitative estimate of drug-likeness (QED) is 0.168. The van der Waals surface area contributed by atoms with E-state index in [4.69, 9.17) is 0 Å². The van der Waals surface area contributed by atoms with Crippen LogP contribution in [0.5, 0.6) is 0 Å². The molecule has 2 aromatic heterocycles. The molecule has 258 valence electrons. The first-order valence-electron chi connectivity index (χ1n) is 18.9. The van der Waals surface area contributed by atoms with E-state index in [-0.39, 0.29) is 0 Å². The summed E-state index contributed by atoms with van der Waals surface area (Å²) >= 11 is 0. The smallest absolute Gasteiger partial charge is 0.0541 e. The Morgan fingerprint density at radius 1 is 0.291 bits per heavy atom. The Balaban J connectivity index is 1.22. The minimum absolute atomic E-state index is 1.09. The number of fused-ring (bicyclic) bond motifs is 7. The highest BCUT2D eigenvalue weighted by molar-refractivity contribution is 6.11. The lowest BCUT2D eigenvalue weighted by atomic mass is 10.00. The van der Waals surface area contributed by atoms with Gasteiger partial charge in [-0.15, -0.1) is 0 Å². The van der Waals surface area contributed by atoms with Crippen LogP contribution in [0, 0.1) is 0 Å². The van der Waals surface area contributed by atoms with Crippen molar-refractivity contribution in [3.63, 3.8) is 0 Å². The molecule has 0 N–H and O–H groups in total. The molecule has 0 spiro atoms. The molecule has 0 atom stereocenters. The number of aromatic nitrogens is 2. The predicted octanol–water partition coefficient (Wildman–Crippen LogP) is 14.2. The van der Waals surface area contributed by atoms with E-state index < -0.39 is 0 Å². The number of para-hydroxylation sites is 5. The highest BCUT2D eigenvalue weighted by Crippen LogP contribution is 2.43. The highest BCUT2D eigenvalue weighted by Gasteiger charge is 2.20. The topological polar surface area (TPSA) is 13.1 Å². The summed E-state index contributed by atoms with van der Waals surface area (Å²) in [6, 6.07) is 77.1. The summed E-state index contributed by atoms with van der Waals surface area (Å²) in [5, 5.41) is 7.37. The molecule has 0 amide bonds. The monoisotopic (exact) mass is 701 g/mol. The first-order chi connectivity index (χ1) is 27.3. The van der Waals surface area contributed by atoms with Crippen molar-refractivity contribution in [3.8, 4) is 22.5 Å². The molecule has 0 fully saturated rings. The van der Waals surface area contributed by atoms with Crippen LogP contribution < -0.4 is 4.90 Å². The zero-order valence-corrected chi connectivity index (χ0v) is 30.0. The highest BCUT2D eigenvalue weighted by atomic mass is 15.1. The van der Waals surface area contributed by atoms with Crippen molar-refractivity contribution in [2.45, 2.75) is 0 Å². The van der Waals surface area contributed by atoms with Crippen molar-refractivity contribution < 1.29 is 0 Å². The van der Waals surface area contributed by atoms with Crippen molar-refractivity contribution in [1.29, 1.82) is 0 Å². The van der Waals surface area contributed by atoms with Gasteiger partial charge < -0.3 is 14.0 Å². The van der Waals surface area contributed by atoms with E-state index in [1.165, 1.54) is 59.9 Å². The lowest BCUT2D eigenvalue weighted by molar-refractivity contribution is 1.17. The Hall–Kier alpha value is -7.36. The Labute approximate surface area is 319 Å². The molecule has 9 aromatic carbocycles. The normalized spacial score (nSPS) is 11.6. The second-order valence-corrected chi connectivity index (χ2v) is 14.2. The van der Waals surface area contributed by atoms with Gasteiger partial charge in [-0.3, -0.25) is 0 Å². The molecule has 0 unspecified atom stereocenters.